The number of amides is 3. The molecule has 0 unspecified atom stereocenters. The molecule has 29 heavy (non-hydrogen) atoms. The summed E-state index contributed by atoms with van der Waals surface area (Å²) in [6, 6.07) is 5.07. The molecule has 1 aromatic carbocycles. The molecule has 1 fully saturated rings. The van der Waals surface area contributed by atoms with E-state index in [0.717, 1.165) is 6.42 Å². The van der Waals surface area contributed by atoms with Gasteiger partial charge in [0.15, 0.2) is 0 Å². The lowest BCUT2D eigenvalue weighted by atomic mass is 9.94. The average molecular weight is 401 g/mol. The highest BCUT2D eigenvalue weighted by molar-refractivity contribution is 6.11. The van der Waals surface area contributed by atoms with Gasteiger partial charge < -0.3 is 21.3 Å². The second-order valence-corrected chi connectivity index (χ2v) is 9.00. The standard InChI is InChI=1S/C22H32N4O3/c1-22(2,13-23)14-24-21(29)16-8-9-18-17(11-16)25-19(27)12-26(18)20(28)10-7-15-5-3-4-6-15/h8-9,11,15H,3-7,10,12-14,23H2,1-2H3,(H,24,29)(H,25,27). The van der Waals surface area contributed by atoms with Crippen LogP contribution in [0.2, 0.25) is 0 Å². The Labute approximate surface area is 172 Å². The van der Waals surface area contributed by atoms with E-state index in [9.17, 15) is 14.4 Å². The van der Waals surface area contributed by atoms with E-state index in [2.05, 4.69) is 10.6 Å². The van der Waals surface area contributed by atoms with E-state index in [-0.39, 0.29) is 29.7 Å². The number of hydrogen-bond donors (Lipinski definition) is 3. The molecule has 0 radical (unpaired) electrons. The highest BCUT2D eigenvalue weighted by Gasteiger charge is 2.28. The monoisotopic (exact) mass is 400 g/mol. The van der Waals surface area contributed by atoms with E-state index in [0.29, 0.717) is 42.4 Å². The predicted octanol–water partition coefficient (Wildman–Crippen LogP) is 2.66. The molecule has 7 nitrogen and oxygen atoms in total. The molecule has 1 heterocycles. The number of benzene rings is 1. The van der Waals surface area contributed by atoms with Gasteiger partial charge in [0.25, 0.3) is 5.91 Å². The maximum atomic E-state index is 12.8. The minimum atomic E-state index is -0.242. The van der Waals surface area contributed by atoms with Crippen LogP contribution in [0.15, 0.2) is 18.2 Å². The van der Waals surface area contributed by atoms with Crippen LogP contribution in [0.3, 0.4) is 0 Å². The predicted molar refractivity (Wildman–Crippen MR) is 114 cm³/mol. The van der Waals surface area contributed by atoms with Crippen molar-refractivity contribution in [2.24, 2.45) is 17.1 Å². The highest BCUT2D eigenvalue weighted by atomic mass is 16.2. The molecule has 3 rings (SSSR count). The third kappa shape index (κ3) is 5.35. The molecule has 3 amide bonds. The molecule has 1 aromatic rings. The maximum absolute atomic E-state index is 12.8. The summed E-state index contributed by atoms with van der Waals surface area (Å²) in [4.78, 5) is 39.0. The van der Waals surface area contributed by atoms with Crippen molar-refractivity contribution >= 4 is 29.1 Å². The molecule has 0 bridgehead atoms. The zero-order valence-electron chi connectivity index (χ0n) is 17.4. The molecule has 0 saturated heterocycles. The van der Waals surface area contributed by atoms with Gasteiger partial charge in [0.2, 0.25) is 11.8 Å². The molecule has 7 heteroatoms. The summed E-state index contributed by atoms with van der Waals surface area (Å²) in [5.41, 5.74) is 7.11. The number of hydrogen-bond acceptors (Lipinski definition) is 4. The van der Waals surface area contributed by atoms with Gasteiger partial charge in [-0.25, -0.2) is 0 Å². The molecule has 0 spiro atoms. The second kappa shape index (κ2) is 8.95. The number of nitrogens with one attached hydrogen (secondary N) is 2. The number of fused-ring (bicyclic) bond motifs is 1. The lowest BCUT2D eigenvalue weighted by Crippen LogP contribution is -2.42. The van der Waals surface area contributed by atoms with Crippen molar-refractivity contribution in [1.29, 1.82) is 0 Å². The van der Waals surface area contributed by atoms with E-state index < -0.39 is 0 Å². The van der Waals surface area contributed by atoms with Crippen LogP contribution in [0.25, 0.3) is 0 Å². The molecule has 2 aliphatic rings. The summed E-state index contributed by atoms with van der Waals surface area (Å²) >= 11 is 0. The van der Waals surface area contributed by atoms with Gasteiger partial charge in [-0.15, -0.1) is 0 Å². The van der Waals surface area contributed by atoms with Crippen LogP contribution in [0.5, 0.6) is 0 Å². The van der Waals surface area contributed by atoms with Crippen LogP contribution in [0.1, 0.15) is 62.7 Å². The zero-order chi connectivity index (χ0) is 21.0. The van der Waals surface area contributed by atoms with Gasteiger partial charge in [0.1, 0.15) is 6.54 Å². The van der Waals surface area contributed by atoms with E-state index in [1.165, 1.54) is 25.7 Å². The first-order valence-corrected chi connectivity index (χ1v) is 10.5. The Kier molecular flexibility index (Phi) is 6.57. The number of carbonyl (C=O) groups excluding carboxylic acids is 3. The van der Waals surface area contributed by atoms with Crippen molar-refractivity contribution in [1.82, 2.24) is 5.32 Å². The number of carbonyl (C=O) groups is 3. The lowest BCUT2D eigenvalue weighted by Gasteiger charge is -2.30. The van der Waals surface area contributed by atoms with Crippen molar-refractivity contribution in [3.63, 3.8) is 0 Å². The molecule has 0 aromatic heterocycles. The largest absolute Gasteiger partial charge is 0.351 e. The van der Waals surface area contributed by atoms with Crippen molar-refractivity contribution < 1.29 is 14.4 Å². The molecule has 1 aliphatic heterocycles. The molecule has 1 saturated carbocycles. The Morgan fingerprint density at radius 2 is 2.00 bits per heavy atom. The van der Waals surface area contributed by atoms with E-state index in [4.69, 9.17) is 5.73 Å². The Bertz CT molecular complexity index is 784. The molecule has 1 aliphatic carbocycles. The zero-order valence-corrected chi connectivity index (χ0v) is 17.4. The van der Waals surface area contributed by atoms with Crippen LogP contribution in [0, 0.1) is 11.3 Å². The first-order chi connectivity index (χ1) is 13.8. The van der Waals surface area contributed by atoms with Crippen LogP contribution >= 0.6 is 0 Å². The summed E-state index contributed by atoms with van der Waals surface area (Å²) in [6.45, 7) is 4.90. The van der Waals surface area contributed by atoms with E-state index in [1.807, 2.05) is 13.8 Å². The average Bonchev–Trinajstić information content (AvgIpc) is 3.22. The van der Waals surface area contributed by atoms with Gasteiger partial charge in [0, 0.05) is 18.5 Å². The number of anilines is 2. The molecule has 4 N–H and O–H groups in total. The van der Waals surface area contributed by atoms with Gasteiger partial charge in [0.05, 0.1) is 11.4 Å². The van der Waals surface area contributed by atoms with Crippen LogP contribution < -0.4 is 21.3 Å². The highest BCUT2D eigenvalue weighted by Crippen LogP contribution is 2.33. The SMILES string of the molecule is CC(C)(CN)CNC(=O)c1ccc2c(c1)NC(=O)CN2C(=O)CCC1CCCC1. The lowest BCUT2D eigenvalue weighted by molar-refractivity contribution is -0.122. The van der Waals surface area contributed by atoms with E-state index >= 15 is 0 Å². The number of rotatable bonds is 7. The number of nitrogens with zero attached hydrogens (tertiary/aromatic N) is 1. The smallest absolute Gasteiger partial charge is 0.251 e. The Hall–Kier alpha value is -2.41. The first-order valence-electron chi connectivity index (χ1n) is 10.5. The van der Waals surface area contributed by atoms with Crippen molar-refractivity contribution in [3.8, 4) is 0 Å². The minimum absolute atomic E-state index is 0.0206. The fourth-order valence-corrected chi connectivity index (χ4v) is 3.91. The summed E-state index contributed by atoms with van der Waals surface area (Å²) in [5, 5.41) is 5.67. The maximum Gasteiger partial charge on any atom is 0.251 e. The fraction of sp³-hybridized carbons (Fsp3) is 0.591. The van der Waals surface area contributed by atoms with E-state index in [1.54, 1.807) is 23.1 Å². The van der Waals surface area contributed by atoms with Crippen molar-refractivity contribution in [2.75, 3.05) is 29.9 Å². The van der Waals surface area contributed by atoms with Crippen molar-refractivity contribution in [2.45, 2.75) is 52.4 Å². The second-order valence-electron chi connectivity index (χ2n) is 9.00. The minimum Gasteiger partial charge on any atom is -0.351 e. The number of nitrogens with two attached hydrogens (primary N) is 1. The Morgan fingerprint density at radius 3 is 2.69 bits per heavy atom. The summed E-state index contributed by atoms with van der Waals surface area (Å²) in [6.07, 6.45) is 6.23. The quantitative estimate of drug-likeness (QED) is 0.654. The topological polar surface area (TPSA) is 105 Å². The summed E-state index contributed by atoms with van der Waals surface area (Å²) in [7, 11) is 0. The van der Waals surface area contributed by atoms with Gasteiger partial charge in [-0.1, -0.05) is 39.5 Å². The third-order valence-electron chi connectivity index (χ3n) is 5.95. The fourth-order valence-electron chi connectivity index (χ4n) is 3.91. The Morgan fingerprint density at radius 1 is 1.28 bits per heavy atom. The van der Waals surface area contributed by atoms with Gasteiger partial charge >= 0.3 is 0 Å². The summed E-state index contributed by atoms with van der Waals surface area (Å²) < 4.78 is 0. The van der Waals surface area contributed by atoms with Gasteiger partial charge in [-0.3, -0.25) is 14.4 Å². The molecular formula is C22H32N4O3. The molecule has 0 atom stereocenters. The van der Waals surface area contributed by atoms with Crippen LogP contribution in [-0.2, 0) is 9.59 Å². The summed E-state index contributed by atoms with van der Waals surface area (Å²) in [5.74, 6) is 0.123. The van der Waals surface area contributed by atoms with Crippen LogP contribution in [-0.4, -0.2) is 37.4 Å². The van der Waals surface area contributed by atoms with Gasteiger partial charge in [-0.05, 0) is 42.5 Å². The van der Waals surface area contributed by atoms with Crippen molar-refractivity contribution in [3.05, 3.63) is 23.8 Å². The first kappa shape index (κ1) is 21.3. The third-order valence-corrected chi connectivity index (χ3v) is 5.95. The normalized spacial score (nSPS) is 17.1. The molecular weight excluding hydrogens is 368 g/mol. The van der Waals surface area contributed by atoms with Gasteiger partial charge in [-0.2, -0.15) is 0 Å². The molecule has 158 valence electrons. The Balaban J connectivity index is 1.69. The van der Waals surface area contributed by atoms with Crippen LogP contribution in [0.4, 0.5) is 11.4 Å².